The maximum atomic E-state index is 12.9. The number of hydrogen-bond donors (Lipinski definition) is 0. The van der Waals surface area contributed by atoms with Crippen molar-refractivity contribution < 1.29 is 17.4 Å². The molecule has 0 fully saturated rings. The molecule has 1 aliphatic rings. The maximum Gasteiger partial charge on any atom is 0.242 e. The molecule has 0 spiro atoms. The lowest BCUT2D eigenvalue weighted by Crippen LogP contribution is -2.39. The lowest BCUT2D eigenvalue weighted by atomic mass is 10.2. The molecule has 2 aromatic rings. The van der Waals surface area contributed by atoms with Gasteiger partial charge in [0.15, 0.2) is 0 Å². The summed E-state index contributed by atoms with van der Waals surface area (Å²) in [4.78, 5) is 14.7. The van der Waals surface area contributed by atoms with Crippen molar-refractivity contribution in [2.45, 2.75) is 29.2 Å². The molecule has 0 saturated heterocycles. The number of fused-ring (bicyclic) bond motifs is 1. The number of benzene rings is 2. The summed E-state index contributed by atoms with van der Waals surface area (Å²) in [6.07, 6.45) is 0.797. The number of nitrogens with zero attached hydrogens (tertiary/aromatic N) is 2. The maximum absolute atomic E-state index is 12.9. The highest BCUT2D eigenvalue weighted by Crippen LogP contribution is 2.28. The van der Waals surface area contributed by atoms with Gasteiger partial charge in [-0.2, -0.15) is 0 Å². The minimum absolute atomic E-state index is 0.124. The average Bonchev–Trinajstić information content (AvgIpc) is 3.11. The van der Waals surface area contributed by atoms with E-state index in [9.17, 15) is 17.4 Å². The van der Waals surface area contributed by atoms with Crippen LogP contribution in [0.3, 0.4) is 0 Å². The molecule has 2 unspecified atom stereocenters. The summed E-state index contributed by atoms with van der Waals surface area (Å²) < 4.78 is 38.5. The summed E-state index contributed by atoms with van der Waals surface area (Å²) in [5, 5.41) is -0.680. The Kier molecular flexibility index (Phi) is 6.02. The van der Waals surface area contributed by atoms with Gasteiger partial charge in [0.1, 0.15) is 5.25 Å². The summed E-state index contributed by atoms with van der Waals surface area (Å²) in [6.45, 7) is 2.26. The Morgan fingerprint density at radius 3 is 2.61 bits per heavy atom. The van der Waals surface area contributed by atoms with E-state index in [1.807, 2.05) is 24.3 Å². The molecule has 3 rings (SSSR count). The van der Waals surface area contributed by atoms with Gasteiger partial charge in [0.25, 0.3) is 0 Å². The third-order valence-electron chi connectivity index (χ3n) is 4.88. The van der Waals surface area contributed by atoms with E-state index in [1.54, 1.807) is 24.0 Å². The number of carbonyl (C=O) groups is 1. The second-order valence-corrected chi connectivity index (χ2v) is 10.9. The lowest BCUT2D eigenvalue weighted by molar-refractivity contribution is -0.117. The zero-order valence-corrected chi connectivity index (χ0v) is 17.8. The number of anilines is 1. The Bertz CT molecular complexity index is 1020. The van der Waals surface area contributed by atoms with Gasteiger partial charge in [-0.05, 0) is 42.7 Å². The fourth-order valence-corrected chi connectivity index (χ4v) is 5.28. The molecule has 28 heavy (non-hydrogen) atoms. The zero-order valence-electron chi connectivity index (χ0n) is 16.2. The van der Waals surface area contributed by atoms with Crippen molar-refractivity contribution in [1.29, 1.82) is 0 Å². The van der Waals surface area contributed by atoms with Crippen LogP contribution in [0, 0.1) is 0 Å². The van der Waals surface area contributed by atoms with Crippen molar-refractivity contribution in [2.75, 3.05) is 25.5 Å². The Morgan fingerprint density at radius 2 is 1.89 bits per heavy atom. The quantitative estimate of drug-likeness (QED) is 0.718. The van der Waals surface area contributed by atoms with Crippen LogP contribution in [0.15, 0.2) is 53.4 Å². The minimum Gasteiger partial charge on any atom is -0.311 e. The predicted molar refractivity (Wildman–Crippen MR) is 111 cm³/mol. The fraction of sp³-hybridized carbons (Fsp3) is 0.350. The summed E-state index contributed by atoms with van der Waals surface area (Å²) >= 11 is 0. The Balaban J connectivity index is 1.74. The third kappa shape index (κ3) is 4.04. The third-order valence-corrected chi connectivity index (χ3v) is 8.30. The molecule has 2 atom stereocenters. The fourth-order valence-electron chi connectivity index (χ4n) is 3.19. The summed E-state index contributed by atoms with van der Waals surface area (Å²) in [6, 6.07) is 14.1. The molecule has 0 aliphatic carbocycles. The second kappa shape index (κ2) is 8.14. The molecule has 0 N–H and O–H groups in total. The van der Waals surface area contributed by atoms with E-state index in [2.05, 4.69) is 0 Å². The van der Waals surface area contributed by atoms with Crippen LogP contribution >= 0.6 is 0 Å². The van der Waals surface area contributed by atoms with Gasteiger partial charge in [0, 0.05) is 42.9 Å². The van der Waals surface area contributed by atoms with Crippen LogP contribution in [0.4, 0.5) is 5.69 Å². The van der Waals surface area contributed by atoms with Gasteiger partial charge in [0.2, 0.25) is 15.9 Å². The standard InChI is InChI=1S/C20H24N2O4S2/c1-15(20(23)22-12-11-17-8-4-5-10-19(17)22)27(24)14-16-7-6-9-18(13-16)28(25,26)21(2)3/h4-10,13,15H,11-12,14H2,1-3H3. The SMILES string of the molecule is CC(C(=O)N1CCc2ccccc21)S(=O)Cc1cccc(S(=O)(=O)N(C)C)c1. The first-order valence-corrected chi connectivity index (χ1v) is 11.8. The first-order chi connectivity index (χ1) is 13.2. The van der Waals surface area contributed by atoms with Crippen molar-refractivity contribution in [1.82, 2.24) is 4.31 Å². The predicted octanol–water partition coefficient (Wildman–Crippen LogP) is 2.16. The smallest absolute Gasteiger partial charge is 0.242 e. The van der Waals surface area contributed by atoms with E-state index in [1.165, 1.54) is 26.2 Å². The van der Waals surface area contributed by atoms with Crippen molar-refractivity contribution in [3.63, 3.8) is 0 Å². The monoisotopic (exact) mass is 420 g/mol. The molecule has 1 amide bonds. The Hall–Kier alpha value is -2.03. The van der Waals surface area contributed by atoms with Crippen molar-refractivity contribution in [3.05, 3.63) is 59.7 Å². The van der Waals surface area contributed by atoms with Crippen molar-refractivity contribution >= 4 is 32.4 Å². The van der Waals surface area contributed by atoms with Crippen LogP contribution < -0.4 is 4.90 Å². The first-order valence-electron chi connectivity index (χ1n) is 8.99. The van der Waals surface area contributed by atoms with Gasteiger partial charge in [-0.25, -0.2) is 12.7 Å². The van der Waals surface area contributed by atoms with E-state index in [0.717, 1.165) is 22.0 Å². The number of rotatable bonds is 6. The molecule has 0 aromatic heterocycles. The van der Waals surface area contributed by atoms with E-state index < -0.39 is 26.1 Å². The van der Waals surface area contributed by atoms with Crippen molar-refractivity contribution in [3.8, 4) is 0 Å². The van der Waals surface area contributed by atoms with Crippen LogP contribution in [0.1, 0.15) is 18.1 Å². The van der Waals surface area contributed by atoms with Gasteiger partial charge < -0.3 is 4.90 Å². The number of sulfonamides is 1. The van der Waals surface area contributed by atoms with E-state index in [4.69, 9.17) is 0 Å². The number of amides is 1. The number of para-hydroxylation sites is 1. The second-order valence-electron chi connectivity index (χ2n) is 6.97. The molecule has 1 aliphatic heterocycles. The van der Waals surface area contributed by atoms with Crippen LogP contribution in [0.2, 0.25) is 0 Å². The van der Waals surface area contributed by atoms with Gasteiger partial charge in [-0.15, -0.1) is 0 Å². The normalized spacial score (nSPS) is 16.1. The first kappa shape index (κ1) is 20.7. The van der Waals surface area contributed by atoms with Crippen molar-refractivity contribution in [2.24, 2.45) is 0 Å². The largest absolute Gasteiger partial charge is 0.311 e. The molecule has 0 saturated carbocycles. The average molecular weight is 421 g/mol. The highest BCUT2D eigenvalue weighted by atomic mass is 32.2. The minimum atomic E-state index is -3.56. The molecule has 8 heteroatoms. The number of carbonyl (C=O) groups excluding carboxylic acids is 1. The molecule has 6 nitrogen and oxygen atoms in total. The van der Waals surface area contributed by atoms with Crippen LogP contribution in [-0.2, 0) is 37.8 Å². The molecule has 150 valence electrons. The molecular formula is C20H24N2O4S2. The zero-order chi connectivity index (χ0) is 20.5. The highest BCUT2D eigenvalue weighted by molar-refractivity contribution is 7.89. The van der Waals surface area contributed by atoms with Crippen LogP contribution in [0.25, 0.3) is 0 Å². The van der Waals surface area contributed by atoms with Gasteiger partial charge in [-0.1, -0.05) is 30.3 Å². The summed E-state index contributed by atoms with van der Waals surface area (Å²) in [5.74, 6) is -0.0422. The molecule has 1 heterocycles. The molecule has 0 bridgehead atoms. The van der Waals surface area contributed by atoms with E-state index in [0.29, 0.717) is 12.1 Å². The Labute approximate surface area is 168 Å². The molecular weight excluding hydrogens is 396 g/mol. The van der Waals surface area contributed by atoms with Crippen LogP contribution in [0.5, 0.6) is 0 Å². The van der Waals surface area contributed by atoms with E-state index in [-0.39, 0.29) is 16.6 Å². The van der Waals surface area contributed by atoms with E-state index >= 15 is 0 Å². The lowest BCUT2D eigenvalue weighted by Gasteiger charge is -2.21. The topological polar surface area (TPSA) is 74.8 Å². The van der Waals surface area contributed by atoms with Gasteiger partial charge in [-0.3, -0.25) is 9.00 Å². The summed E-state index contributed by atoms with van der Waals surface area (Å²) in [7, 11) is -2.09. The van der Waals surface area contributed by atoms with Gasteiger partial charge in [0.05, 0.1) is 4.90 Å². The van der Waals surface area contributed by atoms with Gasteiger partial charge >= 0.3 is 0 Å². The molecule has 0 radical (unpaired) electrons. The van der Waals surface area contributed by atoms with Crippen LogP contribution in [-0.4, -0.2) is 48.7 Å². The highest BCUT2D eigenvalue weighted by Gasteiger charge is 2.30. The number of hydrogen-bond acceptors (Lipinski definition) is 4. The molecule has 2 aromatic carbocycles. The summed E-state index contributed by atoms with van der Waals surface area (Å²) in [5.41, 5.74) is 2.63. The Morgan fingerprint density at radius 1 is 1.18 bits per heavy atom.